The number of aliphatic hydroxyl groups is 1. The highest BCUT2D eigenvalue weighted by Crippen LogP contribution is 2.46. The number of carbonyl (C=O) groups excluding carboxylic acids is 2. The van der Waals surface area contributed by atoms with E-state index in [4.69, 9.17) is 4.98 Å². The number of amides is 2. The third kappa shape index (κ3) is 9.84. The van der Waals surface area contributed by atoms with E-state index >= 15 is 0 Å². The van der Waals surface area contributed by atoms with E-state index in [-0.39, 0.29) is 34.9 Å². The maximum Gasteiger partial charge on any atom is 0.417 e. The minimum absolute atomic E-state index is 0.0358. The Balaban J connectivity index is 0.898. The molecular formula is C53H60F6N10O6S. The van der Waals surface area contributed by atoms with Crippen LogP contribution in [0.2, 0.25) is 0 Å². The summed E-state index contributed by atoms with van der Waals surface area (Å²) in [7, 11) is -3.93. The number of alkyl halides is 6. The Morgan fingerprint density at radius 1 is 0.947 bits per heavy atom. The van der Waals surface area contributed by atoms with Crippen molar-refractivity contribution in [2.45, 2.75) is 108 Å². The zero-order chi connectivity index (χ0) is 55.0. The molecule has 76 heavy (non-hydrogen) atoms. The molecule has 3 aliphatic heterocycles. The number of fused-ring (bicyclic) bond motifs is 3. The molecule has 406 valence electrons. The predicted octanol–water partition coefficient (Wildman–Crippen LogP) is 8.10. The Kier molecular flexibility index (Phi) is 14.0. The molecule has 0 bridgehead atoms. The van der Waals surface area contributed by atoms with Crippen molar-refractivity contribution in [2.24, 2.45) is 12.5 Å². The second kappa shape index (κ2) is 19.7. The number of aromatic nitrogens is 4. The first-order valence-corrected chi connectivity index (χ1v) is 26.4. The fourth-order valence-corrected chi connectivity index (χ4v) is 12.7. The molecule has 1 aliphatic carbocycles. The predicted molar refractivity (Wildman–Crippen MR) is 277 cm³/mol. The first-order chi connectivity index (χ1) is 35.6. The van der Waals surface area contributed by atoms with Crippen molar-refractivity contribution >= 4 is 56.0 Å². The summed E-state index contributed by atoms with van der Waals surface area (Å²) in [6, 6.07) is 11.2. The number of aryl methyl sites for hydroxylation is 1. The van der Waals surface area contributed by atoms with Crippen LogP contribution in [0.25, 0.3) is 11.3 Å². The summed E-state index contributed by atoms with van der Waals surface area (Å²) in [5.41, 5.74) is 3.69. The zero-order valence-corrected chi connectivity index (χ0v) is 43.8. The molecule has 23 heteroatoms. The van der Waals surface area contributed by atoms with Gasteiger partial charge in [-0.1, -0.05) is 20.4 Å². The van der Waals surface area contributed by atoms with Gasteiger partial charge in [0, 0.05) is 106 Å². The quantitative estimate of drug-likeness (QED) is 0.0810. The lowest BCUT2D eigenvalue weighted by Crippen LogP contribution is -2.57. The lowest BCUT2D eigenvalue weighted by atomic mass is 9.90. The number of anilines is 6. The van der Waals surface area contributed by atoms with E-state index in [1.165, 1.54) is 15.8 Å². The van der Waals surface area contributed by atoms with Crippen LogP contribution in [-0.2, 0) is 53.8 Å². The number of aliphatic hydroxyl groups excluding tert-OH is 1. The Morgan fingerprint density at radius 2 is 1.67 bits per heavy atom. The second-order valence-corrected chi connectivity index (χ2v) is 23.8. The normalized spacial score (nSPS) is 18.7. The molecule has 3 N–H and O–H groups in total. The van der Waals surface area contributed by atoms with Crippen molar-refractivity contribution in [1.29, 1.82) is 0 Å². The number of rotatable bonds is 12. The number of pyridine rings is 1. The van der Waals surface area contributed by atoms with Gasteiger partial charge < -0.3 is 34.7 Å². The topological polar surface area (TPSA) is 178 Å². The molecule has 0 saturated carbocycles. The fraction of sp³-hybridized carbons (Fsp3) is 0.453. The van der Waals surface area contributed by atoms with Crippen LogP contribution in [0.15, 0.2) is 83.3 Å². The monoisotopic (exact) mass is 1080 g/mol. The summed E-state index contributed by atoms with van der Waals surface area (Å²) in [5, 5.41) is 16.9. The Morgan fingerprint density at radius 3 is 2.33 bits per heavy atom. The van der Waals surface area contributed by atoms with E-state index in [2.05, 4.69) is 50.4 Å². The average Bonchev–Trinajstić information content (AvgIpc) is 3.86. The molecule has 5 aromatic rings. The summed E-state index contributed by atoms with van der Waals surface area (Å²) < 4.78 is 110. The zero-order valence-electron chi connectivity index (χ0n) is 42.9. The van der Waals surface area contributed by atoms with Gasteiger partial charge in [0.15, 0.2) is 20.4 Å². The minimum atomic E-state index is -5.50. The first-order valence-electron chi connectivity index (χ1n) is 25.0. The van der Waals surface area contributed by atoms with Crippen LogP contribution in [0, 0.1) is 5.41 Å². The molecule has 2 aromatic carbocycles. The molecule has 0 radical (unpaired) electrons. The van der Waals surface area contributed by atoms with Gasteiger partial charge in [-0.05, 0) is 112 Å². The third-order valence-electron chi connectivity index (χ3n) is 15.3. The molecule has 1 atom stereocenters. The molecule has 4 aliphatic rings. The molecule has 6 heterocycles. The Labute approximate surface area is 435 Å². The van der Waals surface area contributed by atoms with Gasteiger partial charge in [0.05, 0.1) is 34.1 Å². The number of piperazine rings is 1. The van der Waals surface area contributed by atoms with Gasteiger partial charge in [0.25, 0.3) is 11.5 Å². The maximum atomic E-state index is 14.3. The number of piperidine rings is 1. The van der Waals surface area contributed by atoms with Gasteiger partial charge in [0.2, 0.25) is 5.91 Å². The molecule has 3 aromatic heterocycles. The van der Waals surface area contributed by atoms with Crippen molar-refractivity contribution < 1.29 is 49.5 Å². The molecule has 2 fully saturated rings. The third-order valence-corrected chi connectivity index (χ3v) is 17.9. The van der Waals surface area contributed by atoms with Gasteiger partial charge in [-0.3, -0.25) is 24.2 Å². The Hall–Kier alpha value is -6.72. The van der Waals surface area contributed by atoms with Gasteiger partial charge in [0.1, 0.15) is 11.5 Å². The first kappa shape index (κ1) is 54.1. The molecule has 16 nitrogen and oxygen atoms in total. The Bertz CT molecular complexity index is 3310. The minimum Gasteiger partial charge on any atom is -0.392 e. The van der Waals surface area contributed by atoms with Gasteiger partial charge in [-0.15, -0.1) is 0 Å². The molecule has 2 amide bonds. The van der Waals surface area contributed by atoms with Gasteiger partial charge in [-0.2, -0.15) is 26.3 Å². The highest BCUT2D eigenvalue weighted by Gasteiger charge is 2.58. The van der Waals surface area contributed by atoms with E-state index < -0.39 is 55.5 Å². The SMILES string of the molecule is C=CC(=O)Nc1cc(Nc2nc(-c3ccnc(N4CCn5c(cc6c5CC(C)(C)C6)C4=O)c3CO)cn(C)c2=O)ccc1N1CCN(C2CCN(c3ccc(S(=O)(=O)C(C)(C)C(F)(F)F)c(C(F)(F)F)c3)CC2)CC1C. The average molecular weight is 1080 g/mol. The largest absolute Gasteiger partial charge is 0.417 e. The lowest BCUT2D eigenvalue weighted by Gasteiger charge is -2.47. The standard InChI is InChI=1S/C53H60F6N10O6S/c1-8-45(71)62-39-24-33(61-46-49(73)64(7)29-40(63-46)36-13-16-60-47(37(36)30-70)69-22-21-68-42(48(69)72)23-32-26-50(3,4)27-43(32)68)9-11-41(39)67-20-19-66(28-31(67)2)34-14-17-65(18-15-34)35-10-12-44(38(25-35)52(54,55)56)76(74,75)51(5,6)53(57,58)59/h8-13,16,23-25,29,31,34,70H,1,14-15,17-22,26-28,30H2,2-7H3,(H,61,63)(H,62,71). The van der Waals surface area contributed by atoms with E-state index in [1.54, 1.807) is 47.4 Å². The summed E-state index contributed by atoms with van der Waals surface area (Å²) >= 11 is 0. The lowest BCUT2D eigenvalue weighted by molar-refractivity contribution is -0.153. The van der Waals surface area contributed by atoms with E-state index in [0.717, 1.165) is 25.0 Å². The fourth-order valence-electron chi connectivity index (χ4n) is 11.1. The van der Waals surface area contributed by atoms with E-state index in [1.807, 2.05) is 19.1 Å². The van der Waals surface area contributed by atoms with Crippen LogP contribution in [-0.4, -0.2) is 112 Å². The van der Waals surface area contributed by atoms with Crippen molar-refractivity contribution in [1.82, 2.24) is 24.0 Å². The summed E-state index contributed by atoms with van der Waals surface area (Å²) in [6.45, 7) is 13.5. The van der Waals surface area contributed by atoms with E-state index in [0.29, 0.717) is 130 Å². The van der Waals surface area contributed by atoms with Crippen LogP contribution < -0.4 is 30.9 Å². The number of benzene rings is 2. The van der Waals surface area contributed by atoms with Crippen LogP contribution in [0.1, 0.15) is 80.3 Å². The van der Waals surface area contributed by atoms with Crippen molar-refractivity contribution in [3.63, 3.8) is 0 Å². The number of hydrogen-bond acceptors (Lipinski definition) is 12. The van der Waals surface area contributed by atoms with Crippen LogP contribution in [0.5, 0.6) is 0 Å². The van der Waals surface area contributed by atoms with E-state index in [9.17, 15) is 54.3 Å². The van der Waals surface area contributed by atoms with Crippen LogP contribution in [0.3, 0.4) is 0 Å². The summed E-state index contributed by atoms with van der Waals surface area (Å²) in [6.07, 6.45) is -3.50. The molecule has 1 unspecified atom stereocenters. The van der Waals surface area contributed by atoms with Crippen molar-refractivity contribution in [2.75, 3.05) is 64.6 Å². The maximum absolute atomic E-state index is 14.3. The molecule has 2 saturated heterocycles. The molecular weight excluding hydrogens is 1020 g/mol. The van der Waals surface area contributed by atoms with Crippen molar-refractivity contribution in [3.8, 4) is 11.3 Å². The number of halogens is 6. The number of carbonyl (C=O) groups is 2. The highest BCUT2D eigenvalue weighted by atomic mass is 32.2. The molecule has 0 spiro atoms. The summed E-state index contributed by atoms with van der Waals surface area (Å²) in [4.78, 5) is 56.2. The van der Waals surface area contributed by atoms with Gasteiger partial charge in [-0.25, -0.2) is 18.4 Å². The smallest absolute Gasteiger partial charge is 0.392 e. The van der Waals surface area contributed by atoms with Gasteiger partial charge >= 0.3 is 12.4 Å². The van der Waals surface area contributed by atoms with Crippen molar-refractivity contribution in [3.05, 3.63) is 112 Å². The number of hydrogen-bond donors (Lipinski definition) is 3. The highest BCUT2D eigenvalue weighted by molar-refractivity contribution is 7.93. The second-order valence-electron chi connectivity index (χ2n) is 21.3. The number of nitrogens with one attached hydrogen (secondary N) is 2. The summed E-state index contributed by atoms with van der Waals surface area (Å²) in [5.74, 6) is -0.448. The number of sulfone groups is 1. The van der Waals surface area contributed by atoms with Crippen LogP contribution in [0.4, 0.5) is 60.7 Å². The van der Waals surface area contributed by atoms with Crippen LogP contribution >= 0.6 is 0 Å². The number of nitrogens with zero attached hydrogens (tertiary/aromatic N) is 8. The molecule has 9 rings (SSSR count).